The number of carbonyl (C=O) groups excluding carboxylic acids is 1. The van der Waals surface area contributed by atoms with Gasteiger partial charge < -0.3 is 9.64 Å². The van der Waals surface area contributed by atoms with Crippen LogP contribution in [-0.2, 0) is 9.53 Å². The molecule has 27 heavy (non-hydrogen) atoms. The molecule has 0 bridgehead atoms. The third-order valence-corrected chi connectivity index (χ3v) is 4.85. The topological polar surface area (TPSA) is 59.7 Å². The van der Waals surface area contributed by atoms with Gasteiger partial charge in [0.1, 0.15) is 11.3 Å². The molecular weight excluding hydrogens is 347 g/mol. The van der Waals surface area contributed by atoms with E-state index in [1.807, 2.05) is 13.0 Å². The van der Waals surface area contributed by atoms with Crippen molar-refractivity contribution in [2.45, 2.75) is 19.8 Å². The second kappa shape index (κ2) is 7.34. The molecule has 140 valence electrons. The summed E-state index contributed by atoms with van der Waals surface area (Å²) in [5.74, 6) is 0.241. The van der Waals surface area contributed by atoms with Crippen LogP contribution in [0.1, 0.15) is 19.8 Å². The first-order valence-corrected chi connectivity index (χ1v) is 9.17. The summed E-state index contributed by atoms with van der Waals surface area (Å²) in [7, 11) is 0. The average molecular weight is 368 g/mol. The Labute approximate surface area is 156 Å². The summed E-state index contributed by atoms with van der Waals surface area (Å²) in [4.78, 5) is 18.8. The molecule has 1 fully saturated rings. The Bertz CT molecular complexity index is 954. The Hall–Kier alpha value is -2.96. The summed E-state index contributed by atoms with van der Waals surface area (Å²) < 4.78 is 20.2. The van der Waals surface area contributed by atoms with Gasteiger partial charge in [-0.15, -0.1) is 0 Å². The predicted molar refractivity (Wildman–Crippen MR) is 100.0 cm³/mol. The summed E-state index contributed by atoms with van der Waals surface area (Å²) in [5.41, 5.74) is 2.46. The zero-order valence-corrected chi connectivity index (χ0v) is 15.1. The second-order valence-corrected chi connectivity index (χ2v) is 6.65. The molecule has 1 aromatic carbocycles. The Morgan fingerprint density at radius 2 is 2.15 bits per heavy atom. The molecule has 1 saturated heterocycles. The van der Waals surface area contributed by atoms with Crippen molar-refractivity contribution in [1.29, 1.82) is 0 Å². The lowest BCUT2D eigenvalue weighted by Gasteiger charge is -2.32. The van der Waals surface area contributed by atoms with Crippen LogP contribution in [-0.4, -0.2) is 40.3 Å². The van der Waals surface area contributed by atoms with E-state index in [1.165, 1.54) is 12.1 Å². The maximum atomic E-state index is 13.2. The van der Waals surface area contributed by atoms with Gasteiger partial charge in [0.25, 0.3) is 0 Å². The number of rotatable bonds is 4. The van der Waals surface area contributed by atoms with E-state index < -0.39 is 0 Å². The number of ether oxygens (including phenoxy) is 1. The third-order valence-electron chi connectivity index (χ3n) is 4.85. The fraction of sp³-hybridized carbons (Fsp3) is 0.350. The number of esters is 1. The van der Waals surface area contributed by atoms with Crippen molar-refractivity contribution in [3.8, 4) is 11.3 Å². The van der Waals surface area contributed by atoms with Crippen molar-refractivity contribution in [3.63, 3.8) is 0 Å². The van der Waals surface area contributed by atoms with Gasteiger partial charge in [-0.1, -0.05) is 0 Å². The summed E-state index contributed by atoms with van der Waals surface area (Å²) >= 11 is 0. The highest BCUT2D eigenvalue weighted by Gasteiger charge is 2.28. The minimum absolute atomic E-state index is 0.139. The Balaban J connectivity index is 1.65. The van der Waals surface area contributed by atoms with E-state index in [1.54, 1.807) is 29.0 Å². The number of anilines is 1. The van der Waals surface area contributed by atoms with Gasteiger partial charge in [0.2, 0.25) is 0 Å². The monoisotopic (exact) mass is 368 g/mol. The molecule has 4 rings (SSSR count). The van der Waals surface area contributed by atoms with Crippen LogP contribution < -0.4 is 4.90 Å². The first-order chi connectivity index (χ1) is 13.2. The van der Waals surface area contributed by atoms with Crippen molar-refractivity contribution >= 4 is 17.3 Å². The van der Waals surface area contributed by atoms with E-state index >= 15 is 0 Å². The van der Waals surface area contributed by atoms with E-state index in [9.17, 15) is 9.18 Å². The van der Waals surface area contributed by atoms with E-state index in [0.717, 1.165) is 42.0 Å². The molecule has 0 aliphatic carbocycles. The highest BCUT2D eigenvalue weighted by atomic mass is 19.1. The molecule has 0 amide bonds. The highest BCUT2D eigenvalue weighted by molar-refractivity contribution is 5.77. The van der Waals surface area contributed by atoms with Crippen molar-refractivity contribution < 1.29 is 13.9 Å². The number of hydrogen-bond donors (Lipinski definition) is 0. The van der Waals surface area contributed by atoms with E-state index in [2.05, 4.69) is 15.0 Å². The molecule has 3 heterocycles. The first-order valence-electron chi connectivity index (χ1n) is 9.17. The fourth-order valence-corrected chi connectivity index (χ4v) is 3.54. The maximum absolute atomic E-state index is 13.2. The van der Waals surface area contributed by atoms with E-state index in [-0.39, 0.29) is 17.7 Å². The van der Waals surface area contributed by atoms with Gasteiger partial charge in [0.15, 0.2) is 5.82 Å². The summed E-state index contributed by atoms with van der Waals surface area (Å²) in [6, 6.07) is 8.22. The van der Waals surface area contributed by atoms with Crippen molar-refractivity contribution in [1.82, 2.24) is 14.6 Å². The quantitative estimate of drug-likeness (QED) is 0.661. The van der Waals surface area contributed by atoms with Crippen LogP contribution in [0.5, 0.6) is 0 Å². The van der Waals surface area contributed by atoms with Gasteiger partial charge in [-0.2, -0.15) is 5.10 Å². The van der Waals surface area contributed by atoms with Crippen molar-refractivity contribution in [2.75, 3.05) is 24.6 Å². The molecule has 7 heteroatoms. The normalized spacial score (nSPS) is 17.3. The van der Waals surface area contributed by atoms with Gasteiger partial charge in [-0.25, -0.2) is 13.9 Å². The smallest absolute Gasteiger partial charge is 0.310 e. The van der Waals surface area contributed by atoms with Gasteiger partial charge >= 0.3 is 5.97 Å². The van der Waals surface area contributed by atoms with Crippen LogP contribution in [0, 0.1) is 11.7 Å². The molecular formula is C20H21FN4O2. The number of piperidine rings is 1. The minimum Gasteiger partial charge on any atom is -0.466 e. The number of aromatic nitrogens is 3. The van der Waals surface area contributed by atoms with Gasteiger partial charge in [0, 0.05) is 31.0 Å². The van der Waals surface area contributed by atoms with Crippen molar-refractivity contribution in [2.24, 2.45) is 5.92 Å². The number of benzene rings is 1. The number of fused-ring (bicyclic) bond motifs is 1. The zero-order valence-electron chi connectivity index (χ0n) is 15.1. The summed E-state index contributed by atoms with van der Waals surface area (Å²) in [6.07, 6.45) is 5.24. The SMILES string of the molecule is CCOC(=O)C1CCCN(c2nccn3nc(-c4ccc(F)cc4)cc23)C1. The summed E-state index contributed by atoms with van der Waals surface area (Å²) in [6.45, 7) is 3.64. The first kappa shape index (κ1) is 17.5. The Kier molecular flexibility index (Phi) is 4.75. The molecule has 0 radical (unpaired) electrons. The van der Waals surface area contributed by atoms with E-state index in [4.69, 9.17) is 4.74 Å². The third kappa shape index (κ3) is 3.49. The van der Waals surface area contributed by atoms with Crippen LogP contribution in [0.15, 0.2) is 42.7 Å². The molecule has 0 spiro atoms. The van der Waals surface area contributed by atoms with Crippen LogP contribution in [0.25, 0.3) is 16.8 Å². The molecule has 2 aromatic heterocycles. The molecule has 0 N–H and O–H groups in total. The Morgan fingerprint density at radius 3 is 2.93 bits per heavy atom. The molecule has 1 atom stereocenters. The Morgan fingerprint density at radius 1 is 1.33 bits per heavy atom. The van der Waals surface area contributed by atoms with Crippen LogP contribution in [0.3, 0.4) is 0 Å². The molecule has 3 aromatic rings. The largest absolute Gasteiger partial charge is 0.466 e. The molecule has 1 aliphatic rings. The minimum atomic E-state index is -0.275. The lowest BCUT2D eigenvalue weighted by Crippen LogP contribution is -2.40. The lowest BCUT2D eigenvalue weighted by atomic mass is 9.98. The average Bonchev–Trinajstić information content (AvgIpc) is 3.13. The molecule has 1 unspecified atom stereocenters. The number of halogens is 1. The number of hydrogen-bond acceptors (Lipinski definition) is 5. The number of nitrogens with zero attached hydrogens (tertiary/aromatic N) is 4. The molecule has 6 nitrogen and oxygen atoms in total. The molecule has 0 saturated carbocycles. The van der Waals surface area contributed by atoms with E-state index in [0.29, 0.717) is 13.2 Å². The highest BCUT2D eigenvalue weighted by Crippen LogP contribution is 2.28. The van der Waals surface area contributed by atoms with Crippen LogP contribution in [0.2, 0.25) is 0 Å². The van der Waals surface area contributed by atoms with Gasteiger partial charge in [-0.3, -0.25) is 4.79 Å². The molecule has 1 aliphatic heterocycles. The fourth-order valence-electron chi connectivity index (χ4n) is 3.54. The van der Waals surface area contributed by atoms with Gasteiger partial charge in [-0.05, 0) is 50.1 Å². The van der Waals surface area contributed by atoms with Crippen LogP contribution in [0.4, 0.5) is 10.2 Å². The van der Waals surface area contributed by atoms with Crippen LogP contribution >= 0.6 is 0 Å². The zero-order chi connectivity index (χ0) is 18.8. The van der Waals surface area contributed by atoms with Gasteiger partial charge in [0.05, 0.1) is 18.2 Å². The predicted octanol–water partition coefficient (Wildman–Crippen LogP) is 3.31. The number of carbonyl (C=O) groups is 1. The maximum Gasteiger partial charge on any atom is 0.310 e. The standard InChI is InChI=1S/C20H21FN4O2/c1-2-27-20(26)15-4-3-10-24(13-15)19-18-12-17(23-25(18)11-9-22-19)14-5-7-16(21)8-6-14/h5-9,11-12,15H,2-4,10,13H2,1H3. The second-order valence-electron chi connectivity index (χ2n) is 6.65. The lowest BCUT2D eigenvalue weighted by molar-refractivity contribution is -0.148. The summed E-state index contributed by atoms with van der Waals surface area (Å²) in [5, 5.41) is 4.59. The van der Waals surface area contributed by atoms with Crippen molar-refractivity contribution in [3.05, 3.63) is 48.5 Å².